The van der Waals surface area contributed by atoms with Gasteiger partial charge >= 0.3 is 0 Å². The monoisotopic (exact) mass is 302 g/mol. The topological polar surface area (TPSA) is 90.2 Å². The van der Waals surface area contributed by atoms with E-state index in [1.807, 2.05) is 6.07 Å². The minimum Gasteiger partial charge on any atom is -0.392 e. The third-order valence-electron chi connectivity index (χ3n) is 3.01. The molecule has 0 amide bonds. The van der Waals surface area contributed by atoms with Crippen molar-refractivity contribution in [3.05, 3.63) is 65.2 Å². The van der Waals surface area contributed by atoms with Crippen molar-refractivity contribution in [1.82, 2.24) is 4.72 Å². The number of hydrogen-bond donors (Lipinski definition) is 2. The summed E-state index contributed by atoms with van der Waals surface area (Å²) in [7, 11) is -3.70. The van der Waals surface area contributed by atoms with E-state index in [1.165, 1.54) is 18.2 Å². The summed E-state index contributed by atoms with van der Waals surface area (Å²) in [5.41, 5.74) is 1.67. The lowest BCUT2D eigenvalue weighted by Crippen LogP contribution is -2.23. The van der Waals surface area contributed by atoms with Gasteiger partial charge in [0.25, 0.3) is 0 Å². The molecule has 5 nitrogen and oxygen atoms in total. The Morgan fingerprint density at radius 2 is 1.81 bits per heavy atom. The van der Waals surface area contributed by atoms with Gasteiger partial charge in [0.1, 0.15) is 0 Å². The van der Waals surface area contributed by atoms with Gasteiger partial charge in [0.2, 0.25) is 10.0 Å². The molecule has 2 aromatic rings. The van der Waals surface area contributed by atoms with Gasteiger partial charge in [-0.2, -0.15) is 5.26 Å². The molecule has 0 aliphatic heterocycles. The van der Waals surface area contributed by atoms with Crippen molar-refractivity contribution in [2.75, 3.05) is 0 Å². The number of nitrogens with one attached hydrogen (secondary N) is 1. The van der Waals surface area contributed by atoms with E-state index in [2.05, 4.69) is 4.72 Å². The fourth-order valence-corrected chi connectivity index (χ4v) is 2.93. The molecule has 0 radical (unpaired) electrons. The molecule has 108 valence electrons. The third kappa shape index (κ3) is 3.67. The molecule has 0 heterocycles. The lowest BCUT2D eigenvalue weighted by Gasteiger charge is -2.10. The Bertz CT molecular complexity index is 780. The molecular weight excluding hydrogens is 288 g/mol. The number of sulfonamides is 1. The summed E-state index contributed by atoms with van der Waals surface area (Å²) in [5.74, 6) is 0. The van der Waals surface area contributed by atoms with E-state index in [0.29, 0.717) is 11.1 Å². The molecule has 0 bridgehead atoms. The highest BCUT2D eigenvalue weighted by Gasteiger charge is 2.14. The van der Waals surface area contributed by atoms with Crippen LogP contribution in [-0.2, 0) is 23.2 Å². The Hall–Kier alpha value is -2.20. The van der Waals surface area contributed by atoms with Crippen molar-refractivity contribution in [2.24, 2.45) is 0 Å². The van der Waals surface area contributed by atoms with Gasteiger partial charge in [-0.1, -0.05) is 30.3 Å². The number of hydrogen-bond acceptors (Lipinski definition) is 4. The van der Waals surface area contributed by atoms with Crippen LogP contribution in [0, 0.1) is 11.3 Å². The van der Waals surface area contributed by atoms with E-state index in [4.69, 9.17) is 5.26 Å². The predicted molar refractivity (Wildman–Crippen MR) is 77.5 cm³/mol. The lowest BCUT2D eigenvalue weighted by atomic mass is 10.1. The molecule has 2 N–H and O–H groups in total. The fourth-order valence-electron chi connectivity index (χ4n) is 1.87. The first-order valence-corrected chi connectivity index (χ1v) is 7.72. The summed E-state index contributed by atoms with van der Waals surface area (Å²) >= 11 is 0. The van der Waals surface area contributed by atoms with Crippen LogP contribution in [0.15, 0.2) is 53.4 Å². The average molecular weight is 302 g/mol. The zero-order valence-corrected chi connectivity index (χ0v) is 12.0. The summed E-state index contributed by atoms with van der Waals surface area (Å²) < 4.78 is 26.8. The first-order chi connectivity index (χ1) is 10.1. The van der Waals surface area contributed by atoms with Gasteiger partial charge in [-0.25, -0.2) is 13.1 Å². The second-order valence-corrected chi connectivity index (χ2v) is 6.16. The van der Waals surface area contributed by atoms with Crippen LogP contribution >= 0.6 is 0 Å². The second-order valence-electron chi connectivity index (χ2n) is 4.39. The average Bonchev–Trinajstić information content (AvgIpc) is 2.53. The largest absolute Gasteiger partial charge is 0.392 e. The zero-order chi connectivity index (χ0) is 15.3. The Morgan fingerprint density at radius 3 is 2.48 bits per heavy atom. The lowest BCUT2D eigenvalue weighted by molar-refractivity contribution is 0.280. The molecular formula is C15H14N2O3S. The Morgan fingerprint density at radius 1 is 1.10 bits per heavy atom. The van der Waals surface area contributed by atoms with Gasteiger partial charge in [-0.05, 0) is 29.3 Å². The van der Waals surface area contributed by atoms with Crippen molar-refractivity contribution >= 4 is 10.0 Å². The molecule has 2 rings (SSSR count). The molecule has 0 spiro atoms. The molecule has 2 aromatic carbocycles. The van der Waals surface area contributed by atoms with Crippen LogP contribution in [-0.4, -0.2) is 13.5 Å². The van der Waals surface area contributed by atoms with Crippen molar-refractivity contribution in [2.45, 2.75) is 18.0 Å². The molecule has 0 aliphatic rings. The van der Waals surface area contributed by atoms with Gasteiger partial charge in [0.05, 0.1) is 23.1 Å². The minimum absolute atomic E-state index is 0.0445. The van der Waals surface area contributed by atoms with E-state index in [0.717, 1.165) is 0 Å². The molecule has 0 saturated heterocycles. The zero-order valence-electron chi connectivity index (χ0n) is 11.2. The van der Waals surface area contributed by atoms with E-state index < -0.39 is 10.0 Å². The number of nitriles is 1. The maximum absolute atomic E-state index is 12.2. The molecule has 6 heteroatoms. The fraction of sp³-hybridized carbons (Fsp3) is 0.133. The number of aliphatic hydroxyl groups is 1. The van der Waals surface area contributed by atoms with Gasteiger partial charge in [-0.3, -0.25) is 0 Å². The highest BCUT2D eigenvalue weighted by atomic mass is 32.2. The van der Waals surface area contributed by atoms with Crippen LogP contribution in [0.25, 0.3) is 0 Å². The normalized spacial score (nSPS) is 11.0. The van der Waals surface area contributed by atoms with Crippen LogP contribution in [0.5, 0.6) is 0 Å². The second kappa shape index (κ2) is 6.50. The van der Waals surface area contributed by atoms with Gasteiger partial charge in [0, 0.05) is 6.54 Å². The van der Waals surface area contributed by atoms with E-state index in [9.17, 15) is 13.5 Å². The number of benzene rings is 2. The molecule has 0 atom stereocenters. The number of rotatable bonds is 5. The molecule has 0 unspecified atom stereocenters. The smallest absolute Gasteiger partial charge is 0.240 e. The SMILES string of the molecule is N#Cc1cccc(S(=O)(=O)NCc2ccccc2CO)c1. The Labute approximate surface area is 123 Å². The van der Waals surface area contributed by atoms with Crippen LogP contribution in [0.4, 0.5) is 0 Å². The summed E-state index contributed by atoms with van der Waals surface area (Å²) in [4.78, 5) is 0.0445. The van der Waals surface area contributed by atoms with Crippen LogP contribution < -0.4 is 4.72 Å². The summed E-state index contributed by atoms with van der Waals surface area (Å²) in [5, 5.41) is 18.0. The van der Waals surface area contributed by atoms with Crippen LogP contribution in [0.2, 0.25) is 0 Å². The minimum atomic E-state index is -3.70. The number of aliphatic hydroxyl groups excluding tert-OH is 1. The maximum atomic E-state index is 12.2. The highest BCUT2D eigenvalue weighted by molar-refractivity contribution is 7.89. The number of nitrogens with zero attached hydrogens (tertiary/aromatic N) is 1. The van der Waals surface area contributed by atoms with E-state index in [1.54, 1.807) is 30.3 Å². The van der Waals surface area contributed by atoms with Crippen molar-refractivity contribution in [1.29, 1.82) is 5.26 Å². The van der Waals surface area contributed by atoms with Crippen molar-refractivity contribution < 1.29 is 13.5 Å². The van der Waals surface area contributed by atoms with Gasteiger partial charge < -0.3 is 5.11 Å². The predicted octanol–water partition coefficient (Wildman–Crippen LogP) is 1.53. The molecule has 0 saturated carbocycles. The third-order valence-corrected chi connectivity index (χ3v) is 4.41. The van der Waals surface area contributed by atoms with Crippen LogP contribution in [0.3, 0.4) is 0 Å². The summed E-state index contributed by atoms with van der Waals surface area (Å²) in [6.45, 7) is -0.0718. The van der Waals surface area contributed by atoms with E-state index in [-0.39, 0.29) is 23.6 Å². The Balaban J connectivity index is 2.20. The van der Waals surface area contributed by atoms with Gasteiger partial charge in [0.15, 0.2) is 0 Å². The molecule has 0 aromatic heterocycles. The summed E-state index contributed by atoms with van der Waals surface area (Å²) in [6, 6.07) is 14.8. The van der Waals surface area contributed by atoms with Crippen molar-refractivity contribution in [3.63, 3.8) is 0 Å². The molecule has 21 heavy (non-hydrogen) atoms. The molecule has 0 aliphatic carbocycles. The Kier molecular flexibility index (Phi) is 4.70. The maximum Gasteiger partial charge on any atom is 0.240 e. The molecule has 0 fully saturated rings. The van der Waals surface area contributed by atoms with Crippen LogP contribution in [0.1, 0.15) is 16.7 Å². The first kappa shape index (κ1) is 15.2. The van der Waals surface area contributed by atoms with Crippen molar-refractivity contribution in [3.8, 4) is 6.07 Å². The van der Waals surface area contributed by atoms with E-state index >= 15 is 0 Å². The highest BCUT2D eigenvalue weighted by Crippen LogP contribution is 2.13. The quantitative estimate of drug-likeness (QED) is 0.876. The van der Waals surface area contributed by atoms with Gasteiger partial charge in [-0.15, -0.1) is 0 Å². The summed E-state index contributed by atoms with van der Waals surface area (Å²) in [6.07, 6.45) is 0. The first-order valence-electron chi connectivity index (χ1n) is 6.24. The standard InChI is InChI=1S/C15H14N2O3S/c16-9-12-4-3-7-15(8-12)21(19,20)17-10-13-5-1-2-6-14(13)11-18/h1-8,17-18H,10-11H2.